The highest BCUT2D eigenvalue weighted by Crippen LogP contribution is 2.25. The number of aliphatic hydroxyl groups is 1. The van der Waals surface area contributed by atoms with Crippen molar-refractivity contribution in [2.24, 2.45) is 0 Å². The summed E-state index contributed by atoms with van der Waals surface area (Å²) in [7, 11) is -3.71. The molecule has 0 saturated heterocycles. The van der Waals surface area contributed by atoms with E-state index >= 15 is 0 Å². The third kappa shape index (κ3) is 3.75. The second kappa shape index (κ2) is 6.47. The molecule has 0 aromatic carbocycles. The van der Waals surface area contributed by atoms with Crippen LogP contribution in [0.3, 0.4) is 0 Å². The molecule has 19 heavy (non-hydrogen) atoms. The van der Waals surface area contributed by atoms with E-state index in [1.165, 1.54) is 9.69 Å². The molecule has 0 spiro atoms. The van der Waals surface area contributed by atoms with E-state index in [-0.39, 0.29) is 29.0 Å². The number of carboxylic acid groups (broad SMARTS) is 1. The van der Waals surface area contributed by atoms with Crippen LogP contribution in [0.5, 0.6) is 0 Å². The second-order valence-electron chi connectivity index (χ2n) is 4.25. The second-order valence-corrected chi connectivity index (χ2v) is 7.27. The van der Waals surface area contributed by atoms with Crippen LogP contribution in [0.1, 0.15) is 30.6 Å². The summed E-state index contributed by atoms with van der Waals surface area (Å²) in [6.45, 7) is 3.58. The lowest BCUT2D eigenvalue weighted by Gasteiger charge is -2.24. The molecule has 0 unspecified atom stereocenters. The van der Waals surface area contributed by atoms with Gasteiger partial charge in [0.05, 0.1) is 5.56 Å². The first kappa shape index (κ1) is 16.1. The van der Waals surface area contributed by atoms with Crippen LogP contribution in [-0.4, -0.2) is 48.1 Å². The summed E-state index contributed by atoms with van der Waals surface area (Å²) in [6, 6.07) is 0.906. The molecule has 0 atom stereocenters. The van der Waals surface area contributed by atoms with Gasteiger partial charge < -0.3 is 10.2 Å². The zero-order chi connectivity index (χ0) is 14.6. The van der Waals surface area contributed by atoms with Crippen molar-refractivity contribution < 1.29 is 23.4 Å². The van der Waals surface area contributed by atoms with Gasteiger partial charge in [0.2, 0.25) is 0 Å². The van der Waals surface area contributed by atoms with Crippen LogP contribution < -0.4 is 0 Å². The van der Waals surface area contributed by atoms with Gasteiger partial charge in [0.15, 0.2) is 0 Å². The van der Waals surface area contributed by atoms with Gasteiger partial charge in [-0.15, -0.1) is 11.3 Å². The van der Waals surface area contributed by atoms with Gasteiger partial charge in [-0.25, -0.2) is 13.2 Å². The molecular formula is C11H17NO5S2. The number of hydrogen-bond donors (Lipinski definition) is 2. The molecule has 0 saturated carbocycles. The lowest BCUT2D eigenvalue weighted by atomic mass is 10.3. The molecule has 1 aromatic heterocycles. The van der Waals surface area contributed by atoms with Crippen LogP contribution in [0.15, 0.2) is 15.7 Å². The van der Waals surface area contributed by atoms with Crippen LogP contribution in [0, 0.1) is 0 Å². The molecule has 0 fully saturated rings. The largest absolute Gasteiger partial charge is 0.478 e. The minimum absolute atomic E-state index is 0.0107. The van der Waals surface area contributed by atoms with Gasteiger partial charge in [-0.05, 0) is 26.3 Å². The highest BCUT2D eigenvalue weighted by Gasteiger charge is 2.28. The lowest BCUT2D eigenvalue weighted by molar-refractivity contribution is 0.0697. The monoisotopic (exact) mass is 307 g/mol. The summed E-state index contributed by atoms with van der Waals surface area (Å²) in [4.78, 5) is 10.8. The highest BCUT2D eigenvalue weighted by atomic mass is 32.2. The maximum Gasteiger partial charge on any atom is 0.336 e. The fourth-order valence-corrected chi connectivity index (χ4v) is 4.52. The van der Waals surface area contributed by atoms with Gasteiger partial charge in [0.1, 0.15) is 4.21 Å². The van der Waals surface area contributed by atoms with Crippen molar-refractivity contribution >= 4 is 27.3 Å². The molecule has 0 amide bonds. The summed E-state index contributed by atoms with van der Waals surface area (Å²) < 4.78 is 26.0. The van der Waals surface area contributed by atoms with Crippen molar-refractivity contribution in [3.05, 3.63) is 17.0 Å². The first-order chi connectivity index (χ1) is 8.80. The molecule has 0 aliphatic heterocycles. The summed E-state index contributed by atoms with van der Waals surface area (Å²) >= 11 is 0.891. The summed E-state index contributed by atoms with van der Waals surface area (Å²) in [6.07, 6.45) is 0.342. The van der Waals surface area contributed by atoms with Gasteiger partial charge in [-0.2, -0.15) is 4.31 Å². The molecule has 0 radical (unpaired) electrons. The number of hydrogen-bond acceptors (Lipinski definition) is 5. The topological polar surface area (TPSA) is 94.9 Å². The molecule has 2 N–H and O–H groups in total. The van der Waals surface area contributed by atoms with E-state index in [2.05, 4.69) is 0 Å². The number of thiophene rings is 1. The Balaban J connectivity index is 3.07. The van der Waals surface area contributed by atoms with E-state index in [1.807, 2.05) is 0 Å². The zero-order valence-corrected chi connectivity index (χ0v) is 12.4. The fraction of sp³-hybridized carbons (Fsp3) is 0.545. The van der Waals surface area contributed by atoms with Crippen LogP contribution >= 0.6 is 11.3 Å². The first-order valence-electron chi connectivity index (χ1n) is 5.75. The van der Waals surface area contributed by atoms with Crippen molar-refractivity contribution in [3.63, 3.8) is 0 Å². The van der Waals surface area contributed by atoms with Crippen molar-refractivity contribution in [3.8, 4) is 0 Å². The normalized spacial score (nSPS) is 12.3. The lowest BCUT2D eigenvalue weighted by Crippen LogP contribution is -2.37. The number of carboxylic acids is 1. The zero-order valence-electron chi connectivity index (χ0n) is 10.7. The Kier molecular flexibility index (Phi) is 5.48. The molecule has 6 nitrogen and oxygen atoms in total. The number of aromatic carboxylic acids is 1. The maximum atomic E-state index is 12.4. The Hall–Kier alpha value is -0.960. The smallest absolute Gasteiger partial charge is 0.336 e. The van der Waals surface area contributed by atoms with Gasteiger partial charge in [0, 0.05) is 24.6 Å². The van der Waals surface area contributed by atoms with Crippen LogP contribution in [0.25, 0.3) is 0 Å². The number of rotatable bonds is 7. The highest BCUT2D eigenvalue weighted by molar-refractivity contribution is 7.91. The molecule has 1 rings (SSSR count). The van der Waals surface area contributed by atoms with Crippen molar-refractivity contribution in [2.75, 3.05) is 13.2 Å². The van der Waals surface area contributed by atoms with Crippen molar-refractivity contribution in [1.82, 2.24) is 4.31 Å². The molecule has 0 aliphatic rings. The molecular weight excluding hydrogens is 290 g/mol. The molecule has 0 aliphatic carbocycles. The van der Waals surface area contributed by atoms with E-state index in [4.69, 9.17) is 10.2 Å². The average Bonchev–Trinajstić information content (AvgIpc) is 2.78. The Morgan fingerprint density at radius 2 is 2.11 bits per heavy atom. The summed E-state index contributed by atoms with van der Waals surface area (Å²) in [5.41, 5.74) is -0.0329. The predicted molar refractivity (Wildman–Crippen MR) is 72.0 cm³/mol. The van der Waals surface area contributed by atoms with Crippen molar-refractivity contribution in [2.45, 2.75) is 30.5 Å². The molecule has 8 heteroatoms. The fourth-order valence-electron chi connectivity index (χ4n) is 1.56. The van der Waals surface area contributed by atoms with E-state index in [0.717, 1.165) is 17.4 Å². The van der Waals surface area contributed by atoms with E-state index in [0.29, 0.717) is 6.42 Å². The van der Waals surface area contributed by atoms with Crippen LogP contribution in [0.4, 0.5) is 0 Å². The van der Waals surface area contributed by atoms with E-state index in [1.54, 1.807) is 13.8 Å². The van der Waals surface area contributed by atoms with Gasteiger partial charge in [-0.3, -0.25) is 0 Å². The number of aliphatic hydroxyl groups excluding tert-OH is 1. The van der Waals surface area contributed by atoms with Crippen LogP contribution in [0.2, 0.25) is 0 Å². The van der Waals surface area contributed by atoms with Gasteiger partial charge >= 0.3 is 5.97 Å². The molecule has 1 heterocycles. The molecule has 108 valence electrons. The van der Waals surface area contributed by atoms with E-state index < -0.39 is 16.0 Å². The third-order valence-electron chi connectivity index (χ3n) is 2.50. The summed E-state index contributed by atoms with van der Waals surface area (Å²) in [5.74, 6) is -1.15. The summed E-state index contributed by atoms with van der Waals surface area (Å²) in [5, 5.41) is 18.9. The quantitative estimate of drug-likeness (QED) is 0.790. The minimum atomic E-state index is -3.71. The molecule has 0 bridgehead atoms. The first-order valence-corrected chi connectivity index (χ1v) is 8.07. The third-order valence-corrected chi connectivity index (χ3v) is 5.99. The van der Waals surface area contributed by atoms with Crippen molar-refractivity contribution in [1.29, 1.82) is 0 Å². The Morgan fingerprint density at radius 1 is 1.47 bits per heavy atom. The number of sulfonamides is 1. The average molecular weight is 307 g/mol. The van der Waals surface area contributed by atoms with Crippen LogP contribution in [-0.2, 0) is 10.0 Å². The predicted octanol–water partition coefficient (Wildman–Crippen LogP) is 1.23. The van der Waals surface area contributed by atoms with Gasteiger partial charge in [-0.1, -0.05) is 0 Å². The SMILES string of the molecule is CC(C)N(CCCO)S(=O)(=O)c1cc(C(=O)O)cs1. The van der Waals surface area contributed by atoms with E-state index in [9.17, 15) is 13.2 Å². The molecule has 1 aromatic rings. The number of nitrogens with zero attached hydrogens (tertiary/aromatic N) is 1. The van der Waals surface area contributed by atoms with Gasteiger partial charge in [0.25, 0.3) is 10.0 Å². The number of carbonyl (C=O) groups is 1. The maximum absolute atomic E-state index is 12.4. The Bertz CT molecular complexity index is 535. The minimum Gasteiger partial charge on any atom is -0.478 e. The Morgan fingerprint density at radius 3 is 2.53 bits per heavy atom. The Labute approximate surface area is 116 Å². The standard InChI is InChI=1S/C11H17NO5S2/c1-8(2)12(4-3-5-13)19(16,17)10-6-9(7-18-10)11(14)15/h6-8,13H,3-5H2,1-2H3,(H,14,15).